The van der Waals surface area contributed by atoms with Gasteiger partial charge in [-0.05, 0) is 48.0 Å². The van der Waals surface area contributed by atoms with Gasteiger partial charge < -0.3 is 0 Å². The van der Waals surface area contributed by atoms with Crippen LogP contribution in [0.5, 0.6) is 0 Å². The second-order valence-electron chi connectivity index (χ2n) is 5.58. The van der Waals surface area contributed by atoms with Crippen LogP contribution in [0.2, 0.25) is 15.1 Å². The second-order valence-corrected chi connectivity index (χ2v) is 6.86. The summed E-state index contributed by atoms with van der Waals surface area (Å²) in [6, 6.07) is 7.20. The fraction of sp³-hybridized carbons (Fsp3) is 0.111. The molecule has 2 rings (SSSR count). The van der Waals surface area contributed by atoms with Crippen molar-refractivity contribution in [2.24, 2.45) is 0 Å². The molecule has 0 atom stereocenters. The number of nitrogens with one attached hydrogen (secondary N) is 2. The Kier molecular flexibility index (Phi) is 6.98. The molecular weight excluding hydrogens is 440 g/mol. The summed E-state index contributed by atoms with van der Waals surface area (Å²) in [5.41, 5.74) is 3.27. The molecule has 28 heavy (non-hydrogen) atoms. The molecule has 0 heterocycles. The lowest BCUT2D eigenvalue weighted by Crippen LogP contribution is -2.26. The maximum atomic E-state index is 13.5. The minimum absolute atomic E-state index is 0.00150. The third kappa shape index (κ3) is 5.89. The fourth-order valence-electron chi connectivity index (χ4n) is 2.18. The highest BCUT2D eigenvalue weighted by atomic mass is 35.5. The molecule has 0 radical (unpaired) electrons. The number of ketones is 1. The number of carbonyl (C=O) groups excluding carboxylic acids is 2. The number of hydrogen-bond acceptors (Lipinski definition) is 3. The van der Waals surface area contributed by atoms with Gasteiger partial charge in [-0.1, -0.05) is 34.8 Å². The molecule has 0 bridgehead atoms. The van der Waals surface area contributed by atoms with Crippen molar-refractivity contribution in [2.45, 2.75) is 13.1 Å². The van der Waals surface area contributed by atoms with Gasteiger partial charge in [-0.2, -0.15) is 13.2 Å². The summed E-state index contributed by atoms with van der Waals surface area (Å²) in [7, 11) is 0. The summed E-state index contributed by atoms with van der Waals surface area (Å²) in [4.78, 5) is 23.4. The van der Waals surface area contributed by atoms with Crippen molar-refractivity contribution < 1.29 is 22.8 Å². The van der Waals surface area contributed by atoms with Crippen molar-refractivity contribution in [1.82, 2.24) is 5.43 Å². The van der Waals surface area contributed by atoms with Crippen LogP contribution < -0.4 is 10.9 Å². The predicted octanol–water partition coefficient (Wildman–Crippen LogP) is 5.94. The molecular formula is C18H12Cl3F3N2O2. The van der Waals surface area contributed by atoms with Crippen molar-refractivity contribution in [3.05, 3.63) is 68.7 Å². The molecule has 1 amide bonds. The zero-order valence-corrected chi connectivity index (χ0v) is 16.4. The molecule has 0 saturated carbocycles. The molecule has 2 aromatic carbocycles. The Morgan fingerprint density at radius 1 is 0.964 bits per heavy atom. The molecule has 0 aromatic heterocycles. The first-order valence-electron chi connectivity index (χ1n) is 7.59. The van der Waals surface area contributed by atoms with E-state index in [1.807, 2.05) is 0 Å². The molecule has 0 aliphatic rings. The maximum Gasteiger partial charge on any atom is 0.417 e. The summed E-state index contributed by atoms with van der Waals surface area (Å²) >= 11 is 17.5. The fourth-order valence-corrected chi connectivity index (χ4v) is 2.87. The number of amides is 1. The van der Waals surface area contributed by atoms with Gasteiger partial charge in [0.2, 0.25) is 5.91 Å². The predicted molar refractivity (Wildman–Crippen MR) is 104 cm³/mol. The van der Waals surface area contributed by atoms with Gasteiger partial charge in [-0.3, -0.25) is 20.4 Å². The molecule has 148 valence electrons. The Labute approximate surface area is 173 Å². The van der Waals surface area contributed by atoms with E-state index in [9.17, 15) is 22.8 Å². The second kappa shape index (κ2) is 8.86. The Morgan fingerprint density at radius 3 is 2.11 bits per heavy atom. The Balaban J connectivity index is 2.46. The van der Waals surface area contributed by atoms with Gasteiger partial charge in [0.1, 0.15) is 0 Å². The van der Waals surface area contributed by atoms with Crippen LogP contribution in [0.3, 0.4) is 0 Å². The van der Waals surface area contributed by atoms with Gasteiger partial charge in [0, 0.05) is 22.5 Å². The van der Waals surface area contributed by atoms with E-state index in [2.05, 4.69) is 10.9 Å². The van der Waals surface area contributed by atoms with Crippen LogP contribution in [0.1, 0.15) is 22.8 Å². The smallest absolute Gasteiger partial charge is 0.297 e. The molecule has 0 spiro atoms. The van der Waals surface area contributed by atoms with E-state index in [0.717, 1.165) is 12.1 Å². The number of benzene rings is 2. The Hall–Kier alpha value is -2.22. The average molecular weight is 452 g/mol. The number of alkyl halides is 3. The molecule has 2 N–H and O–H groups in total. The Bertz CT molecular complexity index is 939. The number of rotatable bonds is 5. The maximum absolute atomic E-state index is 13.5. The highest BCUT2D eigenvalue weighted by Crippen LogP contribution is 2.36. The van der Waals surface area contributed by atoms with E-state index in [1.165, 1.54) is 31.2 Å². The van der Waals surface area contributed by atoms with Gasteiger partial charge >= 0.3 is 6.18 Å². The standard InChI is InChI=1S/C18H12Cl3F3N2O2/c1-9(27)25-26-16-6-10(2-3-15(16)21)17(28)8-14(18(22,23)24)11-4-12(19)7-13(20)5-11/h2-8,26H,1H3,(H,25,27). The molecule has 4 nitrogen and oxygen atoms in total. The van der Waals surface area contributed by atoms with Gasteiger partial charge in [0.15, 0.2) is 5.78 Å². The lowest BCUT2D eigenvalue weighted by Gasteiger charge is -2.13. The normalized spacial score (nSPS) is 11.9. The lowest BCUT2D eigenvalue weighted by molar-refractivity contribution is -0.118. The van der Waals surface area contributed by atoms with E-state index >= 15 is 0 Å². The van der Waals surface area contributed by atoms with Crippen LogP contribution in [0.15, 0.2) is 42.5 Å². The van der Waals surface area contributed by atoms with Crippen molar-refractivity contribution in [2.75, 3.05) is 5.43 Å². The van der Waals surface area contributed by atoms with Crippen LogP contribution in [0, 0.1) is 0 Å². The van der Waals surface area contributed by atoms with Crippen molar-refractivity contribution in [3.8, 4) is 0 Å². The van der Waals surface area contributed by atoms with Crippen LogP contribution in [0.4, 0.5) is 18.9 Å². The van der Waals surface area contributed by atoms with Crippen molar-refractivity contribution in [3.63, 3.8) is 0 Å². The molecule has 0 fully saturated rings. The zero-order chi connectivity index (χ0) is 21.1. The van der Waals surface area contributed by atoms with Crippen LogP contribution in [0.25, 0.3) is 5.57 Å². The minimum Gasteiger partial charge on any atom is -0.297 e. The molecule has 0 aliphatic carbocycles. The number of allylic oxidation sites excluding steroid dienone is 2. The van der Waals surface area contributed by atoms with Crippen molar-refractivity contribution in [1.29, 1.82) is 0 Å². The van der Waals surface area contributed by atoms with Gasteiger partial charge in [0.05, 0.1) is 16.3 Å². The monoisotopic (exact) mass is 450 g/mol. The third-order valence-electron chi connectivity index (χ3n) is 3.38. The largest absolute Gasteiger partial charge is 0.417 e. The first-order chi connectivity index (χ1) is 13.0. The van der Waals surface area contributed by atoms with Gasteiger partial charge in [-0.25, -0.2) is 0 Å². The SMILES string of the molecule is CC(=O)NNc1cc(C(=O)C=C(c2cc(Cl)cc(Cl)c2)C(F)(F)F)ccc1Cl. The third-order valence-corrected chi connectivity index (χ3v) is 4.14. The van der Waals surface area contributed by atoms with Gasteiger partial charge in [-0.15, -0.1) is 0 Å². The summed E-state index contributed by atoms with van der Waals surface area (Å²) in [5, 5.41) is 0.156. The first-order valence-corrected chi connectivity index (χ1v) is 8.72. The highest BCUT2D eigenvalue weighted by Gasteiger charge is 2.35. The Morgan fingerprint density at radius 2 is 1.57 bits per heavy atom. The molecule has 0 saturated heterocycles. The molecule has 10 heteroatoms. The summed E-state index contributed by atoms with van der Waals surface area (Å²) < 4.78 is 40.5. The number of carbonyl (C=O) groups is 2. The zero-order valence-electron chi connectivity index (χ0n) is 14.1. The van der Waals surface area contributed by atoms with E-state index in [4.69, 9.17) is 34.8 Å². The van der Waals surface area contributed by atoms with Crippen LogP contribution in [-0.2, 0) is 4.79 Å². The van der Waals surface area contributed by atoms with E-state index < -0.39 is 23.4 Å². The average Bonchev–Trinajstić information content (AvgIpc) is 2.56. The number of hydrazine groups is 1. The van der Waals surface area contributed by atoms with E-state index in [0.29, 0.717) is 6.08 Å². The highest BCUT2D eigenvalue weighted by molar-refractivity contribution is 6.35. The van der Waals surface area contributed by atoms with Gasteiger partial charge in [0.25, 0.3) is 0 Å². The summed E-state index contributed by atoms with van der Waals surface area (Å²) in [6.45, 7) is 1.24. The summed E-state index contributed by atoms with van der Waals surface area (Å²) in [5.74, 6) is -1.35. The first kappa shape index (κ1) is 22.1. The lowest BCUT2D eigenvalue weighted by atomic mass is 10.0. The topological polar surface area (TPSA) is 58.2 Å². The van der Waals surface area contributed by atoms with Crippen molar-refractivity contribution >= 4 is 57.8 Å². The molecule has 2 aromatic rings. The van der Waals surface area contributed by atoms with Crippen LogP contribution >= 0.6 is 34.8 Å². The molecule has 0 aliphatic heterocycles. The number of hydrogen-bond donors (Lipinski definition) is 2. The number of halogens is 6. The molecule has 0 unspecified atom stereocenters. The van der Waals surface area contributed by atoms with Crippen LogP contribution in [-0.4, -0.2) is 17.9 Å². The number of anilines is 1. The van der Waals surface area contributed by atoms with E-state index in [-0.39, 0.29) is 31.9 Å². The summed E-state index contributed by atoms with van der Waals surface area (Å²) in [6.07, 6.45) is -4.37. The van der Waals surface area contributed by atoms with E-state index in [1.54, 1.807) is 0 Å². The quantitative estimate of drug-likeness (QED) is 0.336. The minimum atomic E-state index is -4.83.